The zero-order chi connectivity index (χ0) is 31.9. The molecule has 10 nitrogen and oxygen atoms in total. The molecule has 2 N–H and O–H groups in total. The summed E-state index contributed by atoms with van der Waals surface area (Å²) in [7, 11) is -4.15. The summed E-state index contributed by atoms with van der Waals surface area (Å²) in [5, 5.41) is 22.2. The molecule has 1 aliphatic heterocycles. The summed E-state index contributed by atoms with van der Waals surface area (Å²) in [5.74, 6) is -0.137. The number of hydrogen-bond acceptors (Lipinski definition) is 7. The predicted octanol–water partition coefficient (Wildman–Crippen LogP) is 6.23. The van der Waals surface area contributed by atoms with Crippen molar-refractivity contribution in [3.63, 3.8) is 0 Å². The van der Waals surface area contributed by atoms with E-state index in [4.69, 9.17) is 34.8 Å². The van der Waals surface area contributed by atoms with Crippen molar-refractivity contribution in [3.05, 3.63) is 89.2 Å². The Morgan fingerprint density at radius 3 is 2.36 bits per heavy atom. The van der Waals surface area contributed by atoms with Crippen molar-refractivity contribution < 1.29 is 27.6 Å². The third-order valence-corrected chi connectivity index (χ3v) is 11.5. The van der Waals surface area contributed by atoms with Gasteiger partial charge >= 0.3 is 277 Å². The Hall–Kier alpha value is -2.83. The maximum absolute atomic E-state index is 11.5. The van der Waals surface area contributed by atoms with Crippen LogP contribution in [0, 0.1) is 17.0 Å². The summed E-state index contributed by atoms with van der Waals surface area (Å²) in [4.78, 5) is 14.9. The Bertz CT molecular complexity index is 1930. The van der Waals surface area contributed by atoms with Gasteiger partial charge < -0.3 is 0 Å². The first-order chi connectivity index (χ1) is 20.8. The van der Waals surface area contributed by atoms with Crippen LogP contribution in [0.1, 0.15) is 29.0 Å². The predicted molar refractivity (Wildman–Crippen MR) is 175 cm³/mol. The van der Waals surface area contributed by atoms with E-state index in [0.29, 0.717) is 41.7 Å². The number of rotatable bonds is 10. The van der Waals surface area contributed by atoms with Gasteiger partial charge in [-0.3, -0.25) is 0 Å². The minimum atomic E-state index is -4.15. The van der Waals surface area contributed by atoms with E-state index >= 15 is 0 Å². The average molecular weight is 746 g/mol. The zero-order valence-corrected chi connectivity index (χ0v) is 28.4. The molecule has 44 heavy (non-hydrogen) atoms. The van der Waals surface area contributed by atoms with Crippen LogP contribution in [0.25, 0.3) is 15.9 Å². The number of nitrogens with zero attached hydrogens (tertiary/aromatic N) is 4. The van der Waals surface area contributed by atoms with Crippen LogP contribution in [0.2, 0.25) is 15.1 Å². The van der Waals surface area contributed by atoms with E-state index in [2.05, 4.69) is 33.7 Å². The van der Waals surface area contributed by atoms with E-state index in [-0.39, 0.29) is 25.9 Å². The molecular formula is C29H28Cl3N4O6SSe+. The van der Waals surface area contributed by atoms with E-state index in [1.807, 2.05) is 18.7 Å². The fraction of sp³-hybridized carbons (Fsp3) is 0.276. The summed E-state index contributed by atoms with van der Waals surface area (Å²) in [6, 6.07) is 12.7. The van der Waals surface area contributed by atoms with Gasteiger partial charge in [0.25, 0.3) is 0 Å². The van der Waals surface area contributed by atoms with Crippen LogP contribution >= 0.6 is 34.8 Å². The number of fused-ring (bicyclic) bond motifs is 2. The summed E-state index contributed by atoms with van der Waals surface area (Å²) in [6.07, 6.45) is 2.68. The van der Waals surface area contributed by atoms with Gasteiger partial charge in [0, 0.05) is 0 Å². The SMILES string of the molecule is CCN1C(=Cc2[se]c3ccc(C)cc3[n+]2CCc2cc(Cl)c(O)c([N+](=O)[O-])c2)N(CCCS(=O)(=O)O)c2cc(Cl)c(Cl)cc21. The zero-order valence-electron chi connectivity index (χ0n) is 23.6. The second-order valence-electron chi connectivity index (χ2n) is 10.3. The van der Waals surface area contributed by atoms with Crippen molar-refractivity contribution >= 4 is 92.3 Å². The van der Waals surface area contributed by atoms with Crippen LogP contribution in [0.5, 0.6) is 5.75 Å². The Labute approximate surface area is 275 Å². The van der Waals surface area contributed by atoms with Gasteiger partial charge in [-0.1, -0.05) is 0 Å². The van der Waals surface area contributed by atoms with E-state index in [1.54, 1.807) is 12.1 Å². The molecule has 5 rings (SSSR count). The monoisotopic (exact) mass is 745 g/mol. The molecule has 4 aromatic rings. The van der Waals surface area contributed by atoms with Crippen molar-refractivity contribution in [2.24, 2.45) is 0 Å². The number of phenols is 1. The fourth-order valence-electron chi connectivity index (χ4n) is 5.30. The summed E-state index contributed by atoms with van der Waals surface area (Å²) >= 11 is 18.8. The topological polar surface area (TPSA) is 128 Å². The molecule has 0 fully saturated rings. The fourth-order valence-corrected chi connectivity index (χ4v) is 8.66. The molecule has 0 spiro atoms. The maximum atomic E-state index is 11.5. The second kappa shape index (κ2) is 12.9. The van der Waals surface area contributed by atoms with Gasteiger partial charge in [-0.05, 0) is 0 Å². The van der Waals surface area contributed by atoms with E-state index in [9.17, 15) is 28.2 Å². The van der Waals surface area contributed by atoms with Crippen LogP contribution in [-0.2, 0) is 23.1 Å². The molecule has 0 aliphatic carbocycles. The van der Waals surface area contributed by atoms with Crippen molar-refractivity contribution in [3.8, 4) is 5.75 Å². The molecule has 0 unspecified atom stereocenters. The van der Waals surface area contributed by atoms with E-state index < -0.39 is 32.2 Å². The van der Waals surface area contributed by atoms with Gasteiger partial charge in [0.2, 0.25) is 0 Å². The quantitative estimate of drug-likeness (QED) is 0.0643. The van der Waals surface area contributed by atoms with Gasteiger partial charge in [-0.15, -0.1) is 0 Å². The third kappa shape index (κ3) is 6.72. The molecule has 0 bridgehead atoms. The molecule has 0 radical (unpaired) electrons. The Morgan fingerprint density at radius 1 is 1.05 bits per heavy atom. The van der Waals surface area contributed by atoms with E-state index in [1.165, 1.54) is 16.4 Å². The number of halogens is 3. The summed E-state index contributed by atoms with van der Waals surface area (Å²) in [5.41, 5.74) is 3.90. The minimum absolute atomic E-state index is 0.0810. The molecular weight excluding hydrogens is 718 g/mol. The number of aromatic nitrogens is 1. The molecule has 1 aliphatic rings. The van der Waals surface area contributed by atoms with Crippen molar-refractivity contribution in [2.45, 2.75) is 33.2 Å². The van der Waals surface area contributed by atoms with Gasteiger partial charge in [-0.25, -0.2) is 0 Å². The second-order valence-corrected chi connectivity index (χ2v) is 15.3. The van der Waals surface area contributed by atoms with Crippen LogP contribution < -0.4 is 14.4 Å². The van der Waals surface area contributed by atoms with Gasteiger partial charge in [0.15, 0.2) is 0 Å². The van der Waals surface area contributed by atoms with Gasteiger partial charge in [0.1, 0.15) is 0 Å². The van der Waals surface area contributed by atoms with Crippen molar-refractivity contribution in [1.29, 1.82) is 0 Å². The number of anilines is 2. The third-order valence-electron chi connectivity index (χ3n) is 7.31. The summed E-state index contributed by atoms with van der Waals surface area (Å²) < 4.78 is 36.8. The number of nitro groups is 1. The Morgan fingerprint density at radius 2 is 1.73 bits per heavy atom. The first-order valence-corrected chi connectivity index (χ1v) is 18.0. The van der Waals surface area contributed by atoms with Crippen molar-refractivity contribution in [1.82, 2.24) is 0 Å². The molecule has 3 aromatic carbocycles. The normalized spacial score (nSPS) is 14.2. The number of nitro benzene ring substituents is 1. The Kier molecular flexibility index (Phi) is 9.53. The van der Waals surface area contributed by atoms with Crippen LogP contribution in [0.3, 0.4) is 0 Å². The molecule has 0 amide bonds. The molecule has 0 saturated carbocycles. The molecule has 2 heterocycles. The molecule has 15 heteroatoms. The molecule has 232 valence electrons. The van der Waals surface area contributed by atoms with Crippen molar-refractivity contribution in [2.75, 3.05) is 28.6 Å². The van der Waals surface area contributed by atoms with Gasteiger partial charge in [-0.2, -0.15) is 0 Å². The number of phenolic OH excluding ortho intramolecular Hbond substituents is 1. The first kappa shape index (κ1) is 32.6. The number of aromatic hydroxyl groups is 1. The van der Waals surface area contributed by atoms with Gasteiger partial charge in [0.05, 0.1) is 0 Å². The van der Waals surface area contributed by atoms with Crippen LogP contribution in [-0.4, -0.2) is 56.3 Å². The number of hydrogen-bond donors (Lipinski definition) is 2. The summed E-state index contributed by atoms with van der Waals surface area (Å²) in [6.45, 7) is 5.39. The standard InChI is InChI=1S/C29H27Cl3N4O6SSe/c1-3-33-22-14-19(30)20(31)15-23(22)34(8-4-10-43(40,41)42)27(33)16-28-35(24-11-17(2)5-6-26(24)44-28)9-7-18-12-21(32)29(37)25(13-18)36(38)39/h5-6,11-16H,3-4,7-10H2,1-2H3,(H-,37,40,41,42)/p+1. The number of aryl methyl sites for hydroxylation is 3. The molecule has 0 atom stereocenters. The van der Waals surface area contributed by atoms with Crippen LogP contribution in [0.4, 0.5) is 17.1 Å². The molecule has 1 aromatic heterocycles. The number of benzene rings is 3. The molecule has 0 saturated heterocycles. The van der Waals surface area contributed by atoms with Crippen LogP contribution in [0.15, 0.2) is 48.3 Å². The first-order valence-electron chi connectivity index (χ1n) is 13.6. The average Bonchev–Trinajstić information content (AvgIpc) is 3.42. The van der Waals surface area contributed by atoms with E-state index in [0.717, 1.165) is 32.8 Å². The Balaban J connectivity index is 1.61.